The highest BCUT2D eigenvalue weighted by Gasteiger charge is 2.19. The van der Waals surface area contributed by atoms with Crippen molar-refractivity contribution < 1.29 is 13.6 Å². The van der Waals surface area contributed by atoms with Gasteiger partial charge in [0, 0.05) is 5.56 Å². The van der Waals surface area contributed by atoms with Crippen LogP contribution in [0.2, 0.25) is 0 Å². The van der Waals surface area contributed by atoms with Gasteiger partial charge in [-0.25, -0.2) is 8.78 Å². The first-order chi connectivity index (χ1) is 6.43. The number of pyridine rings is 1. The van der Waals surface area contributed by atoms with Crippen molar-refractivity contribution in [2.75, 3.05) is 0 Å². The second-order valence-corrected chi connectivity index (χ2v) is 3.86. The lowest BCUT2D eigenvalue weighted by atomic mass is 10.2. The van der Waals surface area contributed by atoms with Crippen molar-refractivity contribution in [3.05, 3.63) is 31.2 Å². The topological polar surface area (TPSA) is 49.9 Å². The van der Waals surface area contributed by atoms with Crippen LogP contribution in [0.15, 0.2) is 10.9 Å². The average molecular weight is 333 g/mol. The summed E-state index contributed by atoms with van der Waals surface area (Å²) in [5.74, 6) is 0. The van der Waals surface area contributed by atoms with E-state index in [1.54, 1.807) is 22.6 Å². The number of nitrogens with one attached hydrogen (secondary N) is 1. The Bertz CT molecular complexity index is 432. The van der Waals surface area contributed by atoms with Crippen LogP contribution in [0, 0.1) is 3.57 Å². The van der Waals surface area contributed by atoms with E-state index < -0.39 is 28.5 Å². The van der Waals surface area contributed by atoms with Crippen LogP contribution in [0.1, 0.15) is 22.5 Å². The van der Waals surface area contributed by atoms with Gasteiger partial charge in [-0.05, 0) is 40.3 Å². The number of rotatable bonds is 2. The van der Waals surface area contributed by atoms with Crippen molar-refractivity contribution in [3.63, 3.8) is 0 Å². The molecule has 0 bridgehead atoms. The molecule has 0 saturated heterocycles. The van der Waals surface area contributed by atoms with Crippen LogP contribution in [-0.4, -0.2) is 10.2 Å². The smallest absolute Gasteiger partial charge is 0.269 e. The summed E-state index contributed by atoms with van der Waals surface area (Å²) in [4.78, 5) is 23.7. The van der Waals surface area contributed by atoms with Crippen molar-refractivity contribution >= 4 is 39.4 Å². The molecule has 0 aromatic carbocycles. The first kappa shape index (κ1) is 11.6. The van der Waals surface area contributed by atoms with Crippen LogP contribution >= 0.6 is 34.2 Å². The molecule has 0 radical (unpaired) electrons. The molecule has 14 heavy (non-hydrogen) atoms. The van der Waals surface area contributed by atoms with E-state index >= 15 is 0 Å². The van der Waals surface area contributed by atoms with Crippen LogP contribution in [-0.2, 0) is 0 Å². The highest BCUT2D eigenvalue weighted by molar-refractivity contribution is 14.1. The third kappa shape index (κ3) is 2.30. The van der Waals surface area contributed by atoms with E-state index in [4.69, 9.17) is 11.6 Å². The number of H-pyrrole nitrogens is 1. The molecule has 76 valence electrons. The number of aromatic amines is 1. The number of alkyl halides is 2. The largest absolute Gasteiger partial charge is 0.317 e. The fourth-order valence-corrected chi connectivity index (χ4v) is 1.48. The highest BCUT2D eigenvalue weighted by Crippen LogP contribution is 2.22. The molecule has 0 fully saturated rings. The summed E-state index contributed by atoms with van der Waals surface area (Å²) in [5, 5.41) is -1.10. The fourth-order valence-electron chi connectivity index (χ4n) is 0.854. The Morgan fingerprint density at radius 2 is 2.14 bits per heavy atom. The molecule has 1 heterocycles. The van der Waals surface area contributed by atoms with Gasteiger partial charge in [0.1, 0.15) is 5.69 Å². The lowest BCUT2D eigenvalue weighted by molar-refractivity contribution is 0.106. The van der Waals surface area contributed by atoms with E-state index in [2.05, 4.69) is 0 Å². The molecular weight excluding hydrogens is 330 g/mol. The fraction of sp³-hybridized carbons (Fsp3) is 0.143. The second-order valence-electron chi connectivity index (χ2n) is 2.35. The molecule has 0 atom stereocenters. The predicted octanol–water partition coefficient (Wildman–Crippen LogP) is 2.30. The number of hydrogen-bond acceptors (Lipinski definition) is 2. The molecule has 1 aromatic rings. The van der Waals surface area contributed by atoms with Gasteiger partial charge in [0.25, 0.3) is 17.2 Å². The van der Waals surface area contributed by atoms with Crippen LogP contribution < -0.4 is 5.56 Å². The van der Waals surface area contributed by atoms with Gasteiger partial charge >= 0.3 is 0 Å². The van der Waals surface area contributed by atoms with Crippen LogP contribution in [0.4, 0.5) is 8.78 Å². The Morgan fingerprint density at radius 3 is 2.57 bits per heavy atom. The van der Waals surface area contributed by atoms with Crippen LogP contribution in [0.25, 0.3) is 0 Å². The molecular formula is C7H3ClF2INO2. The molecule has 0 saturated carbocycles. The van der Waals surface area contributed by atoms with Crippen molar-refractivity contribution in [2.45, 2.75) is 6.43 Å². The first-order valence-electron chi connectivity index (χ1n) is 3.34. The normalized spacial score (nSPS) is 10.6. The summed E-state index contributed by atoms with van der Waals surface area (Å²) in [6.45, 7) is 0. The van der Waals surface area contributed by atoms with E-state index in [-0.39, 0.29) is 3.57 Å². The Kier molecular flexibility index (Phi) is 3.59. The number of aromatic nitrogens is 1. The minimum atomic E-state index is -2.85. The molecule has 3 nitrogen and oxygen atoms in total. The van der Waals surface area contributed by atoms with Crippen LogP contribution in [0.3, 0.4) is 0 Å². The van der Waals surface area contributed by atoms with E-state index in [1.165, 1.54) is 0 Å². The van der Waals surface area contributed by atoms with Gasteiger partial charge in [-0.1, -0.05) is 0 Å². The predicted molar refractivity (Wildman–Crippen MR) is 54.9 cm³/mol. The van der Waals surface area contributed by atoms with Gasteiger partial charge in [-0.15, -0.1) is 0 Å². The SMILES string of the molecule is O=C(Cl)c1[nH]c(=O)c(I)cc1C(F)F. The quantitative estimate of drug-likeness (QED) is 0.667. The van der Waals surface area contributed by atoms with E-state index in [0.29, 0.717) is 0 Å². The zero-order valence-corrected chi connectivity index (χ0v) is 9.40. The monoisotopic (exact) mass is 333 g/mol. The Labute approximate surface area is 95.6 Å². The Hall–Kier alpha value is -0.500. The van der Waals surface area contributed by atoms with Crippen LogP contribution in [0.5, 0.6) is 0 Å². The van der Waals surface area contributed by atoms with Gasteiger partial charge in [0.05, 0.1) is 3.57 Å². The third-order valence-electron chi connectivity index (χ3n) is 1.46. The standard InChI is InChI=1S/C7H3ClF2INO2/c8-5(13)4-2(6(9)10)1-3(11)7(14)12-4/h1,6H,(H,12,14). The molecule has 0 aliphatic carbocycles. The Balaban J connectivity index is 3.47. The van der Waals surface area contributed by atoms with Gasteiger partial charge in [0.15, 0.2) is 0 Å². The molecule has 1 N–H and O–H groups in total. The molecule has 7 heteroatoms. The van der Waals surface area contributed by atoms with Gasteiger partial charge in [-0.2, -0.15) is 0 Å². The summed E-state index contributed by atoms with van der Waals surface area (Å²) >= 11 is 6.62. The second kappa shape index (κ2) is 4.35. The minimum absolute atomic E-state index is 0.0829. The maximum absolute atomic E-state index is 12.4. The zero-order valence-electron chi connectivity index (χ0n) is 6.48. The Morgan fingerprint density at radius 1 is 1.57 bits per heavy atom. The molecule has 1 aromatic heterocycles. The lowest BCUT2D eigenvalue weighted by Crippen LogP contribution is -2.16. The van der Waals surface area contributed by atoms with Crippen molar-refractivity contribution in [1.82, 2.24) is 4.98 Å². The lowest BCUT2D eigenvalue weighted by Gasteiger charge is -2.04. The molecule has 0 aliphatic rings. The zero-order chi connectivity index (χ0) is 10.9. The summed E-state index contributed by atoms with van der Waals surface area (Å²) < 4.78 is 24.8. The highest BCUT2D eigenvalue weighted by atomic mass is 127. The molecule has 0 unspecified atom stereocenters. The van der Waals surface area contributed by atoms with Crippen molar-refractivity contribution in [2.24, 2.45) is 0 Å². The average Bonchev–Trinajstić information content (AvgIpc) is 2.08. The summed E-state index contributed by atoms with van der Waals surface area (Å²) in [6.07, 6.45) is -2.85. The summed E-state index contributed by atoms with van der Waals surface area (Å²) in [7, 11) is 0. The molecule has 0 spiro atoms. The summed E-state index contributed by atoms with van der Waals surface area (Å²) in [5.41, 5.74) is -1.72. The number of carbonyl (C=O) groups is 1. The summed E-state index contributed by atoms with van der Waals surface area (Å²) in [6, 6.07) is 0.944. The maximum Gasteiger partial charge on any atom is 0.269 e. The van der Waals surface area contributed by atoms with Crippen molar-refractivity contribution in [1.29, 1.82) is 0 Å². The van der Waals surface area contributed by atoms with E-state index in [0.717, 1.165) is 6.07 Å². The third-order valence-corrected chi connectivity index (χ3v) is 2.45. The minimum Gasteiger partial charge on any atom is -0.317 e. The number of hydrogen-bond donors (Lipinski definition) is 1. The maximum atomic E-state index is 12.4. The van der Waals surface area contributed by atoms with E-state index in [9.17, 15) is 18.4 Å². The van der Waals surface area contributed by atoms with Gasteiger partial charge in [0.2, 0.25) is 0 Å². The number of halogens is 4. The van der Waals surface area contributed by atoms with Gasteiger partial charge < -0.3 is 4.98 Å². The molecule has 0 aliphatic heterocycles. The molecule has 0 amide bonds. The first-order valence-corrected chi connectivity index (χ1v) is 4.80. The molecule has 1 rings (SSSR count). The van der Waals surface area contributed by atoms with Gasteiger partial charge in [-0.3, -0.25) is 9.59 Å². The van der Waals surface area contributed by atoms with E-state index in [1.807, 2.05) is 4.98 Å². The number of carbonyl (C=O) groups excluding carboxylic acids is 1. The van der Waals surface area contributed by atoms with Crippen molar-refractivity contribution in [3.8, 4) is 0 Å².